The second kappa shape index (κ2) is 4.77. The Bertz CT molecular complexity index is 653. The van der Waals surface area contributed by atoms with Gasteiger partial charge in [-0.25, -0.2) is 9.78 Å². The van der Waals surface area contributed by atoms with Crippen LogP contribution in [0.5, 0.6) is 0 Å². The normalized spacial score (nSPS) is 10.1. The van der Waals surface area contributed by atoms with E-state index in [1.165, 1.54) is 0 Å². The first-order valence-corrected chi connectivity index (χ1v) is 5.44. The molecule has 6 nitrogen and oxygen atoms in total. The number of rotatable bonds is 3. The van der Waals surface area contributed by atoms with Crippen molar-refractivity contribution in [2.75, 3.05) is 11.5 Å². The lowest BCUT2D eigenvalue weighted by atomic mass is 9.99. The summed E-state index contributed by atoms with van der Waals surface area (Å²) in [4.78, 5) is 14.8. The van der Waals surface area contributed by atoms with E-state index in [1.807, 2.05) is 6.07 Å². The van der Waals surface area contributed by atoms with Crippen molar-refractivity contribution >= 4 is 23.2 Å². The summed E-state index contributed by atoms with van der Waals surface area (Å²) >= 11 is 0. The van der Waals surface area contributed by atoms with Crippen molar-refractivity contribution in [1.82, 2.24) is 4.98 Å². The van der Waals surface area contributed by atoms with E-state index in [9.17, 15) is 4.79 Å². The van der Waals surface area contributed by atoms with Gasteiger partial charge < -0.3 is 16.6 Å². The molecule has 0 bridgehead atoms. The number of pyridine rings is 1. The number of carboxylic acids is 1. The number of hydrogen-bond acceptors (Lipinski definition) is 5. The number of nitrogen functional groups attached to an aromatic ring is 2. The molecule has 0 aliphatic carbocycles. The summed E-state index contributed by atoms with van der Waals surface area (Å²) in [7, 11) is 0. The van der Waals surface area contributed by atoms with Crippen LogP contribution in [0, 0.1) is 5.41 Å². The molecule has 0 saturated heterocycles. The number of anilines is 2. The number of aromatic nitrogens is 1. The number of aromatic carboxylic acids is 1. The van der Waals surface area contributed by atoms with Gasteiger partial charge >= 0.3 is 5.97 Å². The minimum absolute atomic E-state index is 0.0383. The quantitative estimate of drug-likeness (QED) is 0.617. The number of benzene rings is 1. The summed E-state index contributed by atoms with van der Waals surface area (Å²) in [6.07, 6.45) is 1.09. The van der Waals surface area contributed by atoms with E-state index in [1.54, 1.807) is 24.3 Å². The predicted molar refractivity (Wildman–Crippen MR) is 72.4 cm³/mol. The van der Waals surface area contributed by atoms with Crippen LogP contribution in [0.15, 0.2) is 36.5 Å². The monoisotopic (exact) mass is 256 g/mol. The van der Waals surface area contributed by atoms with Gasteiger partial charge in [-0.15, -0.1) is 0 Å². The topological polar surface area (TPSA) is 126 Å². The lowest BCUT2D eigenvalue weighted by Gasteiger charge is -2.12. The fourth-order valence-electron chi connectivity index (χ4n) is 1.72. The van der Waals surface area contributed by atoms with Gasteiger partial charge in [0.15, 0.2) is 0 Å². The van der Waals surface area contributed by atoms with E-state index in [0.29, 0.717) is 5.56 Å². The first-order chi connectivity index (χ1) is 9.02. The van der Waals surface area contributed by atoms with Crippen LogP contribution in [0.3, 0.4) is 0 Å². The number of hydrogen-bond donors (Lipinski definition) is 4. The Morgan fingerprint density at radius 1 is 1.21 bits per heavy atom. The van der Waals surface area contributed by atoms with Gasteiger partial charge in [-0.05, 0) is 0 Å². The third-order valence-corrected chi connectivity index (χ3v) is 2.69. The maximum absolute atomic E-state index is 11.0. The SMILES string of the molecule is N=C(c1ccccc1)c1c(N)ncc(C(=O)O)c1N. The molecule has 0 atom stereocenters. The molecular formula is C13H12N4O2. The molecule has 96 valence electrons. The molecule has 0 amide bonds. The van der Waals surface area contributed by atoms with E-state index in [4.69, 9.17) is 22.0 Å². The Morgan fingerprint density at radius 3 is 2.42 bits per heavy atom. The summed E-state index contributed by atoms with van der Waals surface area (Å²) in [5, 5.41) is 17.1. The summed E-state index contributed by atoms with van der Waals surface area (Å²) in [5.41, 5.74) is 12.1. The largest absolute Gasteiger partial charge is 0.478 e. The maximum atomic E-state index is 11.0. The molecule has 0 fully saturated rings. The molecular weight excluding hydrogens is 244 g/mol. The Hall–Kier alpha value is -2.89. The zero-order valence-corrected chi connectivity index (χ0v) is 9.92. The average molecular weight is 256 g/mol. The molecule has 6 N–H and O–H groups in total. The number of nitrogens with zero attached hydrogens (tertiary/aromatic N) is 1. The van der Waals surface area contributed by atoms with Crippen LogP contribution in [0.25, 0.3) is 0 Å². The van der Waals surface area contributed by atoms with Gasteiger partial charge in [-0.2, -0.15) is 0 Å². The van der Waals surface area contributed by atoms with Crippen LogP contribution in [-0.4, -0.2) is 21.8 Å². The molecule has 2 rings (SSSR count). The standard InChI is InChI=1S/C13H12N4O2/c14-10(7-4-2-1-3-5-7)9-11(15)8(13(18)19)6-17-12(9)16/h1-6,14H,(H,18,19)(H4,15,16,17). The summed E-state index contributed by atoms with van der Waals surface area (Å²) in [6.45, 7) is 0. The first kappa shape index (κ1) is 12.6. The minimum atomic E-state index is -1.20. The molecule has 0 radical (unpaired) electrons. The van der Waals surface area contributed by atoms with E-state index >= 15 is 0 Å². The third-order valence-electron chi connectivity index (χ3n) is 2.69. The molecule has 0 aliphatic heterocycles. The third kappa shape index (κ3) is 2.23. The Morgan fingerprint density at radius 2 is 1.84 bits per heavy atom. The molecule has 6 heteroatoms. The van der Waals surface area contributed by atoms with Crippen molar-refractivity contribution in [3.8, 4) is 0 Å². The van der Waals surface area contributed by atoms with Crippen molar-refractivity contribution < 1.29 is 9.90 Å². The van der Waals surface area contributed by atoms with Crippen molar-refractivity contribution in [3.63, 3.8) is 0 Å². The van der Waals surface area contributed by atoms with Crippen LogP contribution >= 0.6 is 0 Å². The van der Waals surface area contributed by atoms with Crippen molar-refractivity contribution in [3.05, 3.63) is 53.2 Å². The highest BCUT2D eigenvalue weighted by molar-refractivity contribution is 6.18. The Balaban J connectivity index is 2.60. The van der Waals surface area contributed by atoms with Gasteiger partial charge in [-0.1, -0.05) is 30.3 Å². The highest BCUT2D eigenvalue weighted by Crippen LogP contribution is 2.24. The van der Waals surface area contributed by atoms with Crippen LogP contribution in [0.4, 0.5) is 11.5 Å². The first-order valence-electron chi connectivity index (χ1n) is 5.44. The second-order valence-corrected chi connectivity index (χ2v) is 3.89. The molecule has 1 aromatic heterocycles. The van der Waals surface area contributed by atoms with Gasteiger partial charge in [0, 0.05) is 11.8 Å². The fraction of sp³-hybridized carbons (Fsp3) is 0. The molecule has 1 aromatic carbocycles. The maximum Gasteiger partial charge on any atom is 0.339 e. The summed E-state index contributed by atoms with van der Waals surface area (Å²) in [5.74, 6) is -1.16. The number of nitrogens with two attached hydrogens (primary N) is 2. The van der Waals surface area contributed by atoms with Crippen molar-refractivity contribution in [2.24, 2.45) is 0 Å². The van der Waals surface area contributed by atoms with E-state index in [2.05, 4.69) is 4.98 Å². The Labute approximate surface area is 109 Å². The zero-order valence-electron chi connectivity index (χ0n) is 9.92. The fourth-order valence-corrected chi connectivity index (χ4v) is 1.72. The lowest BCUT2D eigenvalue weighted by Crippen LogP contribution is -2.14. The molecule has 0 unspecified atom stereocenters. The number of nitrogens with one attached hydrogen (secondary N) is 1. The molecule has 19 heavy (non-hydrogen) atoms. The lowest BCUT2D eigenvalue weighted by molar-refractivity contribution is 0.0697. The minimum Gasteiger partial charge on any atom is -0.478 e. The van der Waals surface area contributed by atoms with Crippen LogP contribution in [0.2, 0.25) is 0 Å². The van der Waals surface area contributed by atoms with Gasteiger partial charge in [0.25, 0.3) is 0 Å². The zero-order chi connectivity index (χ0) is 14.0. The highest BCUT2D eigenvalue weighted by Gasteiger charge is 2.19. The van der Waals surface area contributed by atoms with Gasteiger partial charge in [0.1, 0.15) is 11.4 Å². The Kier molecular flexibility index (Phi) is 3.15. The van der Waals surface area contributed by atoms with Crippen molar-refractivity contribution in [2.45, 2.75) is 0 Å². The second-order valence-electron chi connectivity index (χ2n) is 3.89. The smallest absolute Gasteiger partial charge is 0.339 e. The van der Waals surface area contributed by atoms with Crippen LogP contribution < -0.4 is 11.5 Å². The molecule has 1 heterocycles. The summed E-state index contributed by atoms with van der Waals surface area (Å²) < 4.78 is 0. The number of carbonyl (C=O) groups is 1. The molecule has 0 spiro atoms. The summed E-state index contributed by atoms with van der Waals surface area (Å²) in [6, 6.07) is 8.79. The number of carboxylic acid groups (broad SMARTS) is 1. The average Bonchev–Trinajstić information content (AvgIpc) is 2.39. The van der Waals surface area contributed by atoms with E-state index in [-0.39, 0.29) is 28.3 Å². The van der Waals surface area contributed by atoms with Gasteiger partial charge in [0.2, 0.25) is 0 Å². The van der Waals surface area contributed by atoms with Gasteiger partial charge in [0.05, 0.1) is 17.0 Å². The van der Waals surface area contributed by atoms with Crippen molar-refractivity contribution in [1.29, 1.82) is 5.41 Å². The molecule has 0 saturated carbocycles. The highest BCUT2D eigenvalue weighted by atomic mass is 16.4. The van der Waals surface area contributed by atoms with E-state index in [0.717, 1.165) is 6.20 Å². The van der Waals surface area contributed by atoms with Gasteiger partial charge in [-0.3, -0.25) is 5.41 Å². The molecule has 2 aromatic rings. The van der Waals surface area contributed by atoms with Crippen LogP contribution in [0.1, 0.15) is 21.5 Å². The van der Waals surface area contributed by atoms with Crippen LogP contribution in [-0.2, 0) is 0 Å². The van der Waals surface area contributed by atoms with E-state index < -0.39 is 5.97 Å². The predicted octanol–water partition coefficient (Wildman–Crippen LogP) is 1.36. The molecule has 0 aliphatic rings.